The molecule has 0 radical (unpaired) electrons. The maximum atomic E-state index is 14.5. The van der Waals surface area contributed by atoms with Gasteiger partial charge in [0, 0.05) is 10.6 Å². The number of rotatable bonds is 8. The van der Waals surface area contributed by atoms with E-state index in [9.17, 15) is 9.18 Å². The SMILES string of the molecule is COc1ccc2c(c1)c(OC(=O)c1ccc(OC)c(OC3CCCC3)c1)nn2Cc1c(F)cccc1Cl. The van der Waals surface area contributed by atoms with Crippen molar-refractivity contribution in [2.45, 2.75) is 38.3 Å². The number of aromatic nitrogens is 2. The first-order valence-corrected chi connectivity index (χ1v) is 12.4. The summed E-state index contributed by atoms with van der Waals surface area (Å²) in [6.45, 7) is 0.0494. The first-order chi connectivity index (χ1) is 18.0. The van der Waals surface area contributed by atoms with Gasteiger partial charge in [-0.2, -0.15) is 0 Å². The van der Waals surface area contributed by atoms with Crippen LogP contribution in [0.2, 0.25) is 5.02 Å². The Morgan fingerprint density at radius 3 is 2.59 bits per heavy atom. The highest BCUT2D eigenvalue weighted by Gasteiger charge is 2.22. The largest absolute Gasteiger partial charge is 0.497 e. The van der Waals surface area contributed by atoms with Gasteiger partial charge in [-0.05, 0) is 74.2 Å². The van der Waals surface area contributed by atoms with Crippen molar-refractivity contribution in [2.75, 3.05) is 14.2 Å². The molecular weight excluding hydrogens is 499 g/mol. The average Bonchev–Trinajstić information content (AvgIpc) is 3.54. The lowest BCUT2D eigenvalue weighted by molar-refractivity contribution is 0.0727. The monoisotopic (exact) mass is 524 g/mol. The predicted molar refractivity (Wildman–Crippen MR) is 138 cm³/mol. The molecule has 5 rings (SSSR count). The van der Waals surface area contributed by atoms with E-state index in [-0.39, 0.29) is 34.7 Å². The van der Waals surface area contributed by atoms with Gasteiger partial charge >= 0.3 is 5.97 Å². The summed E-state index contributed by atoms with van der Waals surface area (Å²) in [7, 11) is 3.10. The summed E-state index contributed by atoms with van der Waals surface area (Å²) in [5.41, 5.74) is 1.20. The third-order valence-corrected chi connectivity index (χ3v) is 6.83. The first kappa shape index (κ1) is 24.9. The predicted octanol–water partition coefficient (Wildman–Crippen LogP) is 6.43. The molecule has 192 valence electrons. The molecule has 0 atom stereocenters. The molecule has 9 heteroatoms. The molecule has 1 aliphatic rings. The van der Waals surface area contributed by atoms with Crippen LogP contribution in [-0.4, -0.2) is 36.1 Å². The van der Waals surface area contributed by atoms with Gasteiger partial charge in [0.25, 0.3) is 0 Å². The van der Waals surface area contributed by atoms with Gasteiger partial charge in [-0.1, -0.05) is 17.7 Å². The van der Waals surface area contributed by atoms with E-state index in [0.717, 1.165) is 25.7 Å². The van der Waals surface area contributed by atoms with E-state index >= 15 is 0 Å². The fourth-order valence-electron chi connectivity index (χ4n) is 4.51. The second-order valence-corrected chi connectivity index (χ2v) is 9.23. The van der Waals surface area contributed by atoms with Crippen molar-refractivity contribution in [3.05, 3.63) is 76.6 Å². The highest BCUT2D eigenvalue weighted by atomic mass is 35.5. The number of benzene rings is 3. The summed E-state index contributed by atoms with van der Waals surface area (Å²) in [5, 5.41) is 5.30. The number of fused-ring (bicyclic) bond motifs is 1. The second-order valence-electron chi connectivity index (χ2n) is 8.83. The molecule has 1 fully saturated rings. The maximum absolute atomic E-state index is 14.5. The average molecular weight is 525 g/mol. The Balaban J connectivity index is 1.47. The number of esters is 1. The van der Waals surface area contributed by atoms with Crippen molar-refractivity contribution in [1.29, 1.82) is 0 Å². The minimum atomic E-state index is -0.614. The Labute approximate surface area is 218 Å². The molecule has 0 aliphatic heterocycles. The smallest absolute Gasteiger partial charge is 0.345 e. The van der Waals surface area contributed by atoms with E-state index in [4.69, 9.17) is 30.5 Å². The first-order valence-electron chi connectivity index (χ1n) is 12.0. The summed E-state index contributed by atoms with van der Waals surface area (Å²) in [4.78, 5) is 13.2. The Hall–Kier alpha value is -3.78. The Morgan fingerprint density at radius 2 is 1.86 bits per heavy atom. The lowest BCUT2D eigenvalue weighted by atomic mass is 10.2. The van der Waals surface area contributed by atoms with Crippen LogP contribution in [0.4, 0.5) is 4.39 Å². The second kappa shape index (κ2) is 10.7. The van der Waals surface area contributed by atoms with E-state index in [1.54, 1.807) is 67.4 Å². The molecule has 1 aliphatic carbocycles. The van der Waals surface area contributed by atoms with Crippen molar-refractivity contribution in [2.24, 2.45) is 0 Å². The minimum absolute atomic E-state index is 0.0494. The van der Waals surface area contributed by atoms with E-state index in [2.05, 4.69) is 5.10 Å². The molecule has 0 bridgehead atoms. The summed E-state index contributed by atoms with van der Waals surface area (Å²) < 4.78 is 38.7. The van der Waals surface area contributed by atoms with Gasteiger partial charge in [0.2, 0.25) is 5.88 Å². The highest BCUT2D eigenvalue weighted by Crippen LogP contribution is 2.34. The Kier molecular flexibility index (Phi) is 7.19. The number of hydrogen-bond donors (Lipinski definition) is 0. The van der Waals surface area contributed by atoms with Gasteiger partial charge in [-0.3, -0.25) is 4.68 Å². The summed E-state index contributed by atoms with van der Waals surface area (Å²) in [5.74, 6) is 0.610. The molecule has 0 amide bonds. The van der Waals surface area contributed by atoms with E-state index < -0.39 is 11.8 Å². The molecule has 0 spiro atoms. The molecule has 3 aromatic carbocycles. The number of methoxy groups -OCH3 is 2. The van der Waals surface area contributed by atoms with Crippen LogP contribution in [0.15, 0.2) is 54.6 Å². The minimum Gasteiger partial charge on any atom is -0.497 e. The van der Waals surface area contributed by atoms with Gasteiger partial charge in [0.05, 0.1) is 43.3 Å². The molecule has 1 aromatic heterocycles. The molecule has 0 unspecified atom stereocenters. The number of hydrogen-bond acceptors (Lipinski definition) is 6. The zero-order valence-corrected chi connectivity index (χ0v) is 21.3. The molecular formula is C28H26ClFN2O5. The Bertz CT molecular complexity index is 1430. The standard InChI is InChI=1S/C28H26ClFN2O5/c1-34-19-11-12-24-20(15-19)27(31-32(24)16-21-22(29)8-5-9-23(21)30)37-28(33)17-10-13-25(35-2)26(14-17)36-18-6-3-4-7-18/h5,8-15,18H,3-4,6-7,16H2,1-2H3. The highest BCUT2D eigenvalue weighted by molar-refractivity contribution is 6.31. The molecule has 1 heterocycles. The van der Waals surface area contributed by atoms with E-state index in [0.29, 0.717) is 28.2 Å². The van der Waals surface area contributed by atoms with Gasteiger partial charge in [-0.25, -0.2) is 9.18 Å². The van der Waals surface area contributed by atoms with Crippen LogP contribution in [0, 0.1) is 5.82 Å². The van der Waals surface area contributed by atoms with E-state index in [1.165, 1.54) is 6.07 Å². The van der Waals surface area contributed by atoms with Crippen LogP contribution < -0.4 is 18.9 Å². The fourth-order valence-corrected chi connectivity index (χ4v) is 4.74. The van der Waals surface area contributed by atoms with Crippen LogP contribution in [-0.2, 0) is 6.54 Å². The number of nitrogens with zero attached hydrogens (tertiary/aromatic N) is 2. The van der Waals surface area contributed by atoms with Crippen LogP contribution in [0.3, 0.4) is 0 Å². The van der Waals surface area contributed by atoms with Gasteiger partial charge < -0.3 is 18.9 Å². The van der Waals surface area contributed by atoms with Crippen LogP contribution in [0.25, 0.3) is 10.9 Å². The lowest BCUT2D eigenvalue weighted by Gasteiger charge is -2.16. The van der Waals surface area contributed by atoms with Crippen molar-refractivity contribution in [3.8, 4) is 23.1 Å². The summed E-state index contributed by atoms with van der Waals surface area (Å²) in [6, 6.07) is 14.7. The maximum Gasteiger partial charge on any atom is 0.345 e. The molecule has 7 nitrogen and oxygen atoms in total. The molecule has 37 heavy (non-hydrogen) atoms. The topological polar surface area (TPSA) is 71.8 Å². The van der Waals surface area contributed by atoms with Crippen LogP contribution in [0.1, 0.15) is 41.6 Å². The third kappa shape index (κ3) is 5.20. The number of carbonyl (C=O) groups is 1. The van der Waals surface area contributed by atoms with Crippen LogP contribution >= 0.6 is 11.6 Å². The number of ether oxygens (including phenoxy) is 4. The summed E-state index contributed by atoms with van der Waals surface area (Å²) in [6.07, 6.45) is 4.26. The number of carbonyl (C=O) groups excluding carboxylic acids is 1. The molecule has 1 saturated carbocycles. The van der Waals surface area contributed by atoms with Gasteiger partial charge in [-0.15, -0.1) is 5.10 Å². The molecule has 0 N–H and O–H groups in total. The van der Waals surface area contributed by atoms with Crippen molar-refractivity contribution in [1.82, 2.24) is 9.78 Å². The third-order valence-electron chi connectivity index (χ3n) is 6.48. The quantitative estimate of drug-likeness (QED) is 0.247. The van der Waals surface area contributed by atoms with Crippen molar-refractivity contribution in [3.63, 3.8) is 0 Å². The zero-order chi connectivity index (χ0) is 25.9. The normalized spacial score (nSPS) is 13.6. The van der Waals surface area contributed by atoms with Crippen molar-refractivity contribution < 1.29 is 28.1 Å². The van der Waals surface area contributed by atoms with Crippen LogP contribution in [0.5, 0.6) is 23.1 Å². The zero-order valence-electron chi connectivity index (χ0n) is 20.5. The summed E-state index contributed by atoms with van der Waals surface area (Å²) >= 11 is 6.24. The van der Waals surface area contributed by atoms with Gasteiger partial charge in [0.15, 0.2) is 11.5 Å². The van der Waals surface area contributed by atoms with Gasteiger partial charge in [0.1, 0.15) is 11.6 Å². The Morgan fingerprint density at radius 1 is 1.05 bits per heavy atom. The van der Waals surface area contributed by atoms with E-state index in [1.807, 2.05) is 0 Å². The van der Waals surface area contributed by atoms with Crippen molar-refractivity contribution >= 4 is 28.5 Å². The fraction of sp³-hybridized carbons (Fsp3) is 0.286. The molecule has 4 aromatic rings. The molecule has 0 saturated heterocycles. The number of halogens is 2. The lowest BCUT2D eigenvalue weighted by Crippen LogP contribution is -2.14.